The molecule has 1 fully saturated rings. The third-order valence-electron chi connectivity index (χ3n) is 4.54. The first-order chi connectivity index (χ1) is 13.1. The maximum absolute atomic E-state index is 12.5. The highest BCUT2D eigenvalue weighted by atomic mass is 16.5. The number of piperazine rings is 1. The van der Waals surface area contributed by atoms with Crippen LogP contribution in [0.15, 0.2) is 42.5 Å². The van der Waals surface area contributed by atoms with Crippen LogP contribution in [0.5, 0.6) is 11.5 Å². The van der Waals surface area contributed by atoms with E-state index in [1.807, 2.05) is 18.2 Å². The maximum Gasteiger partial charge on any atom is 0.321 e. The number of anilines is 2. The first-order valence-electron chi connectivity index (χ1n) is 8.67. The molecule has 2 aromatic rings. The second-order valence-electron chi connectivity index (χ2n) is 6.13. The Labute approximate surface area is 158 Å². The van der Waals surface area contributed by atoms with Gasteiger partial charge in [0.05, 0.1) is 31.5 Å². The van der Waals surface area contributed by atoms with Gasteiger partial charge in [0.25, 0.3) is 0 Å². The summed E-state index contributed by atoms with van der Waals surface area (Å²) >= 11 is 0. The predicted molar refractivity (Wildman–Crippen MR) is 104 cm³/mol. The SMILES string of the molecule is COc1ccc(N2CCN(C(=O)Nc3cccc(C#N)c3)CC2)c(OC)c1. The van der Waals surface area contributed by atoms with Gasteiger partial charge in [0, 0.05) is 37.9 Å². The van der Waals surface area contributed by atoms with Crippen LogP contribution in [-0.2, 0) is 0 Å². The maximum atomic E-state index is 12.5. The van der Waals surface area contributed by atoms with Gasteiger partial charge in [-0.05, 0) is 30.3 Å². The van der Waals surface area contributed by atoms with E-state index < -0.39 is 0 Å². The summed E-state index contributed by atoms with van der Waals surface area (Å²) in [6, 6.07) is 14.5. The number of ether oxygens (including phenoxy) is 2. The normalized spacial score (nSPS) is 13.7. The Balaban J connectivity index is 1.61. The Kier molecular flexibility index (Phi) is 5.67. The van der Waals surface area contributed by atoms with Crippen molar-refractivity contribution in [3.05, 3.63) is 48.0 Å². The lowest BCUT2D eigenvalue weighted by atomic mass is 10.2. The second kappa shape index (κ2) is 8.32. The zero-order valence-corrected chi connectivity index (χ0v) is 15.4. The molecule has 0 unspecified atom stereocenters. The van der Waals surface area contributed by atoms with Gasteiger partial charge in [-0.25, -0.2) is 4.79 Å². The molecule has 1 aliphatic rings. The molecule has 0 radical (unpaired) electrons. The van der Waals surface area contributed by atoms with Gasteiger partial charge in [0.1, 0.15) is 11.5 Å². The molecule has 1 saturated heterocycles. The number of nitrogens with one attached hydrogen (secondary N) is 1. The molecule has 1 aliphatic heterocycles. The summed E-state index contributed by atoms with van der Waals surface area (Å²) < 4.78 is 10.7. The van der Waals surface area contributed by atoms with Crippen molar-refractivity contribution < 1.29 is 14.3 Å². The Morgan fingerprint density at radius 1 is 1.07 bits per heavy atom. The zero-order chi connectivity index (χ0) is 19.2. The summed E-state index contributed by atoms with van der Waals surface area (Å²) in [4.78, 5) is 16.5. The number of urea groups is 1. The van der Waals surface area contributed by atoms with E-state index >= 15 is 0 Å². The Hall–Kier alpha value is -3.40. The lowest BCUT2D eigenvalue weighted by Crippen LogP contribution is -2.50. The molecule has 2 amide bonds. The van der Waals surface area contributed by atoms with Crippen LogP contribution in [0.4, 0.5) is 16.2 Å². The summed E-state index contributed by atoms with van der Waals surface area (Å²) in [5, 5.41) is 11.8. The first kappa shape index (κ1) is 18.4. The number of methoxy groups -OCH3 is 2. The van der Waals surface area contributed by atoms with Crippen LogP contribution < -0.4 is 19.7 Å². The zero-order valence-electron chi connectivity index (χ0n) is 15.4. The average molecular weight is 366 g/mol. The van der Waals surface area contributed by atoms with Gasteiger partial charge in [-0.1, -0.05) is 6.07 Å². The monoisotopic (exact) mass is 366 g/mol. The van der Waals surface area contributed by atoms with Crippen molar-refractivity contribution in [1.29, 1.82) is 5.26 Å². The second-order valence-corrected chi connectivity index (χ2v) is 6.13. The van der Waals surface area contributed by atoms with Crippen molar-refractivity contribution >= 4 is 17.4 Å². The number of nitriles is 1. The standard InChI is InChI=1S/C20H22N4O3/c1-26-17-6-7-18(19(13-17)27-2)23-8-10-24(11-9-23)20(25)22-16-5-3-4-15(12-16)14-21/h3-7,12-13H,8-11H2,1-2H3,(H,22,25). The highest BCUT2D eigenvalue weighted by Crippen LogP contribution is 2.32. The number of amides is 2. The van der Waals surface area contributed by atoms with Gasteiger partial charge in [0.2, 0.25) is 0 Å². The molecule has 0 saturated carbocycles. The molecule has 2 aromatic carbocycles. The van der Waals surface area contributed by atoms with E-state index in [0.29, 0.717) is 37.4 Å². The molecule has 7 nitrogen and oxygen atoms in total. The lowest BCUT2D eigenvalue weighted by Gasteiger charge is -2.36. The quantitative estimate of drug-likeness (QED) is 0.900. The third kappa shape index (κ3) is 4.23. The minimum absolute atomic E-state index is 0.161. The van der Waals surface area contributed by atoms with Gasteiger partial charge >= 0.3 is 6.03 Å². The van der Waals surface area contributed by atoms with E-state index in [4.69, 9.17) is 14.7 Å². The number of benzene rings is 2. The molecule has 3 rings (SSSR count). The van der Waals surface area contributed by atoms with Crippen LogP contribution in [0.2, 0.25) is 0 Å². The van der Waals surface area contributed by atoms with Crippen molar-refractivity contribution in [2.45, 2.75) is 0 Å². The fraction of sp³-hybridized carbons (Fsp3) is 0.300. The van der Waals surface area contributed by atoms with Crippen LogP contribution in [0.1, 0.15) is 5.56 Å². The molecule has 7 heteroatoms. The van der Waals surface area contributed by atoms with Crippen LogP contribution in [0.25, 0.3) is 0 Å². The fourth-order valence-corrected chi connectivity index (χ4v) is 3.07. The molecule has 0 bridgehead atoms. The van der Waals surface area contributed by atoms with Crippen LogP contribution in [-0.4, -0.2) is 51.3 Å². The molecule has 27 heavy (non-hydrogen) atoms. The molecule has 140 valence electrons. The molecule has 0 aromatic heterocycles. The van der Waals surface area contributed by atoms with Gasteiger partial charge in [-0.15, -0.1) is 0 Å². The van der Waals surface area contributed by atoms with Gasteiger partial charge in [-0.3, -0.25) is 0 Å². The van der Waals surface area contributed by atoms with Crippen molar-refractivity contribution in [2.24, 2.45) is 0 Å². The number of carbonyl (C=O) groups excluding carboxylic acids is 1. The van der Waals surface area contributed by atoms with E-state index in [-0.39, 0.29) is 6.03 Å². The Bertz CT molecular complexity index is 855. The summed E-state index contributed by atoms with van der Waals surface area (Å²) in [5.41, 5.74) is 2.13. The van der Waals surface area contributed by atoms with Crippen LogP contribution in [0, 0.1) is 11.3 Å². The van der Waals surface area contributed by atoms with Gasteiger partial charge in [-0.2, -0.15) is 5.26 Å². The lowest BCUT2D eigenvalue weighted by molar-refractivity contribution is 0.208. The van der Waals surface area contributed by atoms with E-state index in [1.54, 1.807) is 43.4 Å². The van der Waals surface area contributed by atoms with E-state index in [9.17, 15) is 4.79 Å². The highest BCUT2D eigenvalue weighted by Gasteiger charge is 2.23. The summed E-state index contributed by atoms with van der Waals surface area (Å²) in [5.74, 6) is 1.49. The molecule has 0 aliphatic carbocycles. The minimum atomic E-state index is -0.161. The smallest absolute Gasteiger partial charge is 0.321 e. The van der Waals surface area contributed by atoms with E-state index in [0.717, 1.165) is 17.2 Å². The molecule has 0 atom stereocenters. The number of rotatable bonds is 4. The van der Waals surface area contributed by atoms with Gasteiger partial charge < -0.3 is 24.6 Å². The van der Waals surface area contributed by atoms with Crippen molar-refractivity contribution in [1.82, 2.24) is 4.90 Å². The van der Waals surface area contributed by atoms with Crippen LogP contribution in [0.3, 0.4) is 0 Å². The number of carbonyl (C=O) groups is 1. The fourth-order valence-electron chi connectivity index (χ4n) is 3.07. The van der Waals surface area contributed by atoms with Crippen molar-refractivity contribution in [3.63, 3.8) is 0 Å². The Morgan fingerprint density at radius 3 is 2.52 bits per heavy atom. The number of hydrogen-bond acceptors (Lipinski definition) is 5. The van der Waals surface area contributed by atoms with Crippen LogP contribution >= 0.6 is 0 Å². The summed E-state index contributed by atoms with van der Waals surface area (Å²) in [7, 11) is 3.26. The summed E-state index contributed by atoms with van der Waals surface area (Å²) in [6.45, 7) is 2.60. The number of hydrogen-bond donors (Lipinski definition) is 1. The highest BCUT2D eigenvalue weighted by molar-refractivity contribution is 5.89. The Morgan fingerprint density at radius 2 is 1.85 bits per heavy atom. The molecule has 1 heterocycles. The van der Waals surface area contributed by atoms with Crippen molar-refractivity contribution in [3.8, 4) is 17.6 Å². The minimum Gasteiger partial charge on any atom is -0.497 e. The molecule has 1 N–H and O–H groups in total. The first-order valence-corrected chi connectivity index (χ1v) is 8.67. The largest absolute Gasteiger partial charge is 0.497 e. The predicted octanol–water partition coefficient (Wildman–Crippen LogP) is 2.93. The van der Waals surface area contributed by atoms with E-state index in [2.05, 4.69) is 16.3 Å². The average Bonchev–Trinajstić information content (AvgIpc) is 2.73. The van der Waals surface area contributed by atoms with Gasteiger partial charge in [0.15, 0.2) is 0 Å². The molecular weight excluding hydrogens is 344 g/mol. The topological polar surface area (TPSA) is 77.8 Å². The van der Waals surface area contributed by atoms with E-state index in [1.165, 1.54) is 0 Å². The summed E-state index contributed by atoms with van der Waals surface area (Å²) in [6.07, 6.45) is 0. The molecular formula is C20H22N4O3. The third-order valence-corrected chi connectivity index (χ3v) is 4.54. The number of nitrogens with zero attached hydrogens (tertiary/aromatic N) is 3. The van der Waals surface area contributed by atoms with Crippen molar-refractivity contribution in [2.75, 3.05) is 50.6 Å². The molecule has 0 spiro atoms.